The molecule has 0 bridgehead atoms. The van der Waals surface area contributed by atoms with Gasteiger partial charge < -0.3 is 0 Å². The first-order chi connectivity index (χ1) is 8.08. The summed E-state index contributed by atoms with van der Waals surface area (Å²) in [6.45, 7) is 7.51. The molecule has 0 aliphatic rings. The third-order valence-corrected chi connectivity index (χ3v) is 3.13. The van der Waals surface area contributed by atoms with Crippen molar-refractivity contribution in [3.63, 3.8) is 0 Å². The number of carbonyl (C=O) groups excluding carboxylic acids is 1. The third-order valence-electron chi connectivity index (χ3n) is 3.13. The molecule has 0 saturated carbocycles. The van der Waals surface area contributed by atoms with Gasteiger partial charge >= 0.3 is 0 Å². The first-order valence-corrected chi connectivity index (χ1v) is 6.11. The first-order valence-electron chi connectivity index (χ1n) is 6.11. The van der Waals surface area contributed by atoms with Crippen molar-refractivity contribution in [2.24, 2.45) is 0 Å². The number of rotatable bonds is 6. The normalized spacial score (nSPS) is 12.8. The largest absolute Gasteiger partial charge is 0.293 e. The Balaban J connectivity index is 2.67. The summed E-state index contributed by atoms with van der Waals surface area (Å²) in [5, 5.41) is 0. The molecule has 0 aliphatic carbocycles. The van der Waals surface area contributed by atoms with Crippen molar-refractivity contribution in [2.45, 2.75) is 33.2 Å². The molecular formula is C14H20FNO. The highest BCUT2D eigenvalue weighted by molar-refractivity contribution is 5.97. The lowest BCUT2D eigenvalue weighted by molar-refractivity contribution is 0.0902. The summed E-state index contributed by atoms with van der Waals surface area (Å²) >= 11 is 0. The fourth-order valence-electron chi connectivity index (χ4n) is 1.75. The zero-order valence-electron chi connectivity index (χ0n) is 10.7. The van der Waals surface area contributed by atoms with E-state index in [1.54, 1.807) is 12.1 Å². The van der Waals surface area contributed by atoms with Crippen LogP contribution >= 0.6 is 0 Å². The Morgan fingerprint density at radius 3 is 2.35 bits per heavy atom. The fourth-order valence-corrected chi connectivity index (χ4v) is 1.75. The van der Waals surface area contributed by atoms with E-state index in [4.69, 9.17) is 0 Å². The quantitative estimate of drug-likeness (QED) is 0.708. The summed E-state index contributed by atoms with van der Waals surface area (Å²) in [6.07, 6.45) is 1.02. The van der Waals surface area contributed by atoms with Gasteiger partial charge in [-0.2, -0.15) is 0 Å². The molecule has 17 heavy (non-hydrogen) atoms. The monoisotopic (exact) mass is 237 g/mol. The standard InChI is InChI=1S/C14H20FNO/c1-4-11(3)16(5-2)10-14(17)12-6-8-13(15)9-7-12/h6-9,11H,4-5,10H2,1-3H3. The zero-order valence-corrected chi connectivity index (χ0v) is 10.7. The number of hydrogen-bond acceptors (Lipinski definition) is 2. The molecular weight excluding hydrogens is 217 g/mol. The van der Waals surface area contributed by atoms with Gasteiger partial charge in [0, 0.05) is 11.6 Å². The second-order valence-electron chi connectivity index (χ2n) is 4.25. The van der Waals surface area contributed by atoms with Crippen LogP contribution in [0.4, 0.5) is 4.39 Å². The van der Waals surface area contributed by atoms with E-state index in [1.165, 1.54) is 12.1 Å². The summed E-state index contributed by atoms with van der Waals surface area (Å²) in [7, 11) is 0. The van der Waals surface area contributed by atoms with E-state index in [1.807, 2.05) is 6.92 Å². The van der Waals surface area contributed by atoms with Crippen molar-refractivity contribution in [3.8, 4) is 0 Å². The Hall–Kier alpha value is -1.22. The second-order valence-corrected chi connectivity index (χ2v) is 4.25. The van der Waals surface area contributed by atoms with Gasteiger partial charge in [-0.1, -0.05) is 13.8 Å². The van der Waals surface area contributed by atoms with Crippen LogP contribution in [0.2, 0.25) is 0 Å². The van der Waals surface area contributed by atoms with Gasteiger partial charge in [0.1, 0.15) is 5.82 Å². The number of ketones is 1. The maximum absolute atomic E-state index is 12.7. The Morgan fingerprint density at radius 2 is 1.88 bits per heavy atom. The number of benzene rings is 1. The summed E-state index contributed by atoms with van der Waals surface area (Å²) in [5.74, 6) is -0.261. The average Bonchev–Trinajstić information content (AvgIpc) is 2.35. The van der Waals surface area contributed by atoms with Crippen molar-refractivity contribution in [3.05, 3.63) is 35.6 Å². The molecule has 0 amide bonds. The van der Waals surface area contributed by atoms with Crippen LogP contribution in [0.3, 0.4) is 0 Å². The van der Waals surface area contributed by atoms with Gasteiger partial charge in [-0.15, -0.1) is 0 Å². The van der Waals surface area contributed by atoms with Crippen LogP contribution in [0.25, 0.3) is 0 Å². The van der Waals surface area contributed by atoms with Gasteiger partial charge in [0.15, 0.2) is 5.78 Å². The molecule has 0 radical (unpaired) electrons. The maximum atomic E-state index is 12.7. The van der Waals surface area contributed by atoms with E-state index < -0.39 is 0 Å². The second kappa shape index (κ2) is 6.50. The molecule has 3 heteroatoms. The number of Topliss-reactive ketones (excluding diaryl/α,β-unsaturated/α-hetero) is 1. The van der Waals surface area contributed by atoms with Crippen LogP contribution in [-0.2, 0) is 0 Å². The number of carbonyl (C=O) groups is 1. The topological polar surface area (TPSA) is 20.3 Å². The summed E-state index contributed by atoms with van der Waals surface area (Å²) < 4.78 is 12.7. The van der Waals surface area contributed by atoms with Crippen LogP contribution in [0.5, 0.6) is 0 Å². The van der Waals surface area contributed by atoms with Gasteiger partial charge in [-0.05, 0) is 44.2 Å². The molecule has 1 aromatic carbocycles. The van der Waals surface area contributed by atoms with E-state index in [2.05, 4.69) is 18.7 Å². The predicted octanol–water partition coefficient (Wildman–Crippen LogP) is 3.13. The van der Waals surface area contributed by atoms with E-state index in [-0.39, 0.29) is 11.6 Å². The highest BCUT2D eigenvalue weighted by Gasteiger charge is 2.15. The summed E-state index contributed by atoms with van der Waals surface area (Å²) in [4.78, 5) is 14.1. The van der Waals surface area contributed by atoms with Crippen molar-refractivity contribution < 1.29 is 9.18 Å². The van der Waals surface area contributed by atoms with Crippen LogP contribution in [0.15, 0.2) is 24.3 Å². The lowest BCUT2D eigenvalue weighted by Crippen LogP contribution is -2.36. The predicted molar refractivity (Wildman–Crippen MR) is 67.7 cm³/mol. The average molecular weight is 237 g/mol. The molecule has 2 nitrogen and oxygen atoms in total. The molecule has 1 aromatic rings. The molecule has 0 saturated heterocycles. The van der Waals surface area contributed by atoms with Crippen LogP contribution in [-0.4, -0.2) is 29.8 Å². The molecule has 1 unspecified atom stereocenters. The zero-order chi connectivity index (χ0) is 12.8. The molecule has 94 valence electrons. The minimum Gasteiger partial charge on any atom is -0.293 e. The van der Waals surface area contributed by atoms with Gasteiger partial charge in [-0.3, -0.25) is 9.69 Å². The third kappa shape index (κ3) is 3.93. The molecule has 0 fully saturated rings. The molecule has 1 atom stereocenters. The maximum Gasteiger partial charge on any atom is 0.176 e. The van der Waals surface area contributed by atoms with E-state index >= 15 is 0 Å². The summed E-state index contributed by atoms with van der Waals surface area (Å²) in [6, 6.07) is 6.13. The summed E-state index contributed by atoms with van der Waals surface area (Å²) in [5.41, 5.74) is 0.577. The number of nitrogens with zero attached hydrogens (tertiary/aromatic N) is 1. The Labute approximate surface area is 102 Å². The van der Waals surface area contributed by atoms with Crippen molar-refractivity contribution >= 4 is 5.78 Å². The molecule has 0 heterocycles. The van der Waals surface area contributed by atoms with Gasteiger partial charge in [0.2, 0.25) is 0 Å². The number of hydrogen-bond donors (Lipinski definition) is 0. The van der Waals surface area contributed by atoms with E-state index in [0.717, 1.165) is 13.0 Å². The molecule has 0 aliphatic heterocycles. The van der Waals surface area contributed by atoms with E-state index in [9.17, 15) is 9.18 Å². The lowest BCUT2D eigenvalue weighted by Gasteiger charge is -2.26. The minimum absolute atomic E-state index is 0.0483. The van der Waals surface area contributed by atoms with Crippen molar-refractivity contribution in [2.75, 3.05) is 13.1 Å². The molecule has 0 N–H and O–H groups in total. The molecule has 1 rings (SSSR count). The van der Waals surface area contributed by atoms with Crippen LogP contribution in [0.1, 0.15) is 37.6 Å². The SMILES string of the molecule is CCC(C)N(CC)CC(=O)c1ccc(F)cc1. The minimum atomic E-state index is -0.309. The number of likely N-dealkylation sites (N-methyl/N-ethyl adjacent to an activating group) is 1. The first kappa shape index (κ1) is 13.8. The van der Waals surface area contributed by atoms with Gasteiger partial charge in [-0.25, -0.2) is 4.39 Å². The molecule has 0 spiro atoms. The Morgan fingerprint density at radius 1 is 1.29 bits per heavy atom. The fraction of sp³-hybridized carbons (Fsp3) is 0.500. The Bertz CT molecular complexity index is 361. The van der Waals surface area contributed by atoms with Gasteiger partial charge in [0.25, 0.3) is 0 Å². The van der Waals surface area contributed by atoms with Crippen molar-refractivity contribution in [1.82, 2.24) is 4.90 Å². The highest BCUT2D eigenvalue weighted by atomic mass is 19.1. The van der Waals surface area contributed by atoms with Crippen LogP contribution < -0.4 is 0 Å². The lowest BCUT2D eigenvalue weighted by atomic mass is 10.1. The number of halogens is 1. The smallest absolute Gasteiger partial charge is 0.176 e. The van der Waals surface area contributed by atoms with Crippen LogP contribution in [0, 0.1) is 5.82 Å². The van der Waals surface area contributed by atoms with Crippen molar-refractivity contribution in [1.29, 1.82) is 0 Å². The molecule has 0 aromatic heterocycles. The van der Waals surface area contributed by atoms with E-state index in [0.29, 0.717) is 18.2 Å². The Kier molecular flexibility index (Phi) is 5.29. The van der Waals surface area contributed by atoms with Gasteiger partial charge in [0.05, 0.1) is 6.54 Å². The highest BCUT2D eigenvalue weighted by Crippen LogP contribution is 2.08.